The summed E-state index contributed by atoms with van der Waals surface area (Å²) in [5, 5.41) is 8.17. The third-order valence-corrected chi connectivity index (χ3v) is 6.83. The molecule has 0 atom stereocenters. The number of nitrogens with one attached hydrogen (secondary N) is 3. The predicted molar refractivity (Wildman–Crippen MR) is 139 cm³/mol. The van der Waals surface area contributed by atoms with Crippen LogP contribution in [0.15, 0.2) is 67.1 Å². The third-order valence-electron chi connectivity index (χ3n) is 5.65. The van der Waals surface area contributed by atoms with E-state index in [1.54, 1.807) is 17.7 Å². The zero-order valence-corrected chi connectivity index (χ0v) is 19.7. The summed E-state index contributed by atoms with van der Waals surface area (Å²) in [5.74, 6) is 0.838. The second kappa shape index (κ2) is 9.70. The summed E-state index contributed by atoms with van der Waals surface area (Å²) in [6, 6.07) is 19.3. The van der Waals surface area contributed by atoms with E-state index in [2.05, 4.69) is 99.2 Å². The van der Waals surface area contributed by atoms with Gasteiger partial charge in [0, 0.05) is 34.2 Å². The molecule has 0 aliphatic rings. The molecule has 0 saturated heterocycles. The summed E-state index contributed by atoms with van der Waals surface area (Å²) in [7, 11) is 4.22. The first-order chi connectivity index (χ1) is 16.2. The Morgan fingerprint density at radius 3 is 2.73 bits per heavy atom. The molecule has 3 N–H and O–H groups in total. The minimum atomic E-state index is 0.838. The van der Waals surface area contributed by atoms with E-state index in [0.717, 1.165) is 53.3 Å². The molecular formula is C26H28N6S. The molecule has 168 valence electrons. The van der Waals surface area contributed by atoms with Crippen LogP contribution in [-0.2, 0) is 6.54 Å². The fourth-order valence-electron chi connectivity index (χ4n) is 3.89. The van der Waals surface area contributed by atoms with Crippen molar-refractivity contribution in [3.63, 3.8) is 0 Å². The molecule has 33 heavy (non-hydrogen) atoms. The van der Waals surface area contributed by atoms with E-state index in [1.165, 1.54) is 21.4 Å². The maximum Gasteiger partial charge on any atom is 0.151 e. The number of fused-ring (bicyclic) bond motifs is 2. The maximum absolute atomic E-state index is 4.52. The van der Waals surface area contributed by atoms with Gasteiger partial charge in [-0.15, -0.1) is 11.3 Å². The quantitative estimate of drug-likeness (QED) is 0.251. The van der Waals surface area contributed by atoms with Crippen molar-refractivity contribution in [2.45, 2.75) is 13.0 Å². The molecule has 2 aromatic carbocycles. The van der Waals surface area contributed by atoms with Gasteiger partial charge in [0.15, 0.2) is 5.82 Å². The van der Waals surface area contributed by atoms with Gasteiger partial charge in [0.1, 0.15) is 6.33 Å². The Labute approximate surface area is 197 Å². The van der Waals surface area contributed by atoms with Crippen molar-refractivity contribution >= 4 is 44.0 Å². The van der Waals surface area contributed by atoms with E-state index in [0.29, 0.717) is 0 Å². The Bertz CT molecular complexity index is 1350. The van der Waals surface area contributed by atoms with Crippen LogP contribution in [0.2, 0.25) is 0 Å². The van der Waals surface area contributed by atoms with Crippen LogP contribution in [0.25, 0.3) is 31.6 Å². The monoisotopic (exact) mass is 456 g/mol. The van der Waals surface area contributed by atoms with Crippen molar-refractivity contribution in [2.24, 2.45) is 0 Å². The Kier molecular flexibility index (Phi) is 6.35. The molecule has 0 amide bonds. The number of aromatic nitrogens is 3. The van der Waals surface area contributed by atoms with Gasteiger partial charge in [-0.2, -0.15) is 0 Å². The van der Waals surface area contributed by atoms with E-state index >= 15 is 0 Å². The number of H-pyrrole nitrogens is 1. The lowest BCUT2D eigenvalue weighted by Crippen LogP contribution is -2.20. The van der Waals surface area contributed by atoms with Gasteiger partial charge in [0.2, 0.25) is 0 Å². The zero-order chi connectivity index (χ0) is 22.6. The van der Waals surface area contributed by atoms with Crippen LogP contribution in [0.3, 0.4) is 0 Å². The Hall–Kier alpha value is -3.26. The number of anilines is 2. The summed E-state index contributed by atoms with van der Waals surface area (Å²) in [5.41, 5.74) is 5.60. The standard InChI is InChI=1S/C26H28N6S/c1-32(2)13-3-11-27-16-18-4-6-19(7-5-18)24-15-23-25(33-24)26(30-17-29-23)31-21-8-9-22-20(14-21)10-12-28-22/h4-10,12,14-15,17,27-28H,3,11,13,16H2,1-2H3,(H,29,30,31). The van der Waals surface area contributed by atoms with Crippen LogP contribution in [-0.4, -0.2) is 47.0 Å². The number of thiophene rings is 1. The van der Waals surface area contributed by atoms with E-state index in [9.17, 15) is 0 Å². The highest BCUT2D eigenvalue weighted by molar-refractivity contribution is 7.22. The summed E-state index contributed by atoms with van der Waals surface area (Å²) in [4.78, 5) is 15.7. The van der Waals surface area contributed by atoms with Gasteiger partial charge < -0.3 is 20.5 Å². The van der Waals surface area contributed by atoms with Gasteiger partial charge in [0.25, 0.3) is 0 Å². The summed E-state index contributed by atoms with van der Waals surface area (Å²) < 4.78 is 1.06. The number of benzene rings is 2. The number of nitrogens with zero attached hydrogens (tertiary/aromatic N) is 3. The van der Waals surface area contributed by atoms with Crippen molar-refractivity contribution in [1.82, 2.24) is 25.2 Å². The van der Waals surface area contributed by atoms with Crippen LogP contribution in [0, 0.1) is 0 Å². The van der Waals surface area contributed by atoms with E-state index in [1.807, 2.05) is 6.20 Å². The van der Waals surface area contributed by atoms with Gasteiger partial charge in [-0.25, -0.2) is 9.97 Å². The normalized spacial score (nSPS) is 11.6. The lowest BCUT2D eigenvalue weighted by atomic mass is 10.1. The van der Waals surface area contributed by atoms with Gasteiger partial charge in [-0.1, -0.05) is 24.3 Å². The van der Waals surface area contributed by atoms with Gasteiger partial charge in [-0.05, 0) is 75.1 Å². The average molecular weight is 457 g/mol. The molecule has 0 unspecified atom stereocenters. The Morgan fingerprint density at radius 2 is 1.88 bits per heavy atom. The molecule has 0 aliphatic carbocycles. The maximum atomic E-state index is 4.52. The molecular weight excluding hydrogens is 428 g/mol. The van der Waals surface area contributed by atoms with Crippen molar-refractivity contribution in [2.75, 3.05) is 32.5 Å². The molecule has 0 radical (unpaired) electrons. The van der Waals surface area contributed by atoms with Crippen molar-refractivity contribution in [1.29, 1.82) is 0 Å². The van der Waals surface area contributed by atoms with Gasteiger partial charge in [-0.3, -0.25) is 0 Å². The summed E-state index contributed by atoms with van der Waals surface area (Å²) in [6.07, 6.45) is 4.74. The highest BCUT2D eigenvalue weighted by Gasteiger charge is 2.11. The largest absolute Gasteiger partial charge is 0.361 e. The lowest BCUT2D eigenvalue weighted by molar-refractivity contribution is 0.394. The SMILES string of the molecule is CN(C)CCCNCc1ccc(-c2cc3ncnc(Nc4ccc5[nH]ccc5c4)c3s2)cc1. The molecule has 0 fully saturated rings. The third kappa shape index (κ3) is 5.06. The smallest absolute Gasteiger partial charge is 0.151 e. The molecule has 3 aromatic heterocycles. The molecule has 0 bridgehead atoms. The Morgan fingerprint density at radius 1 is 1.00 bits per heavy atom. The number of hydrogen-bond acceptors (Lipinski definition) is 6. The Balaban J connectivity index is 1.30. The van der Waals surface area contributed by atoms with Crippen molar-refractivity contribution in [3.8, 4) is 10.4 Å². The molecule has 7 heteroatoms. The van der Waals surface area contributed by atoms with Crippen LogP contribution < -0.4 is 10.6 Å². The minimum Gasteiger partial charge on any atom is -0.361 e. The first kappa shape index (κ1) is 21.6. The second-order valence-corrected chi connectivity index (χ2v) is 9.53. The van der Waals surface area contributed by atoms with Crippen LogP contribution in [0.1, 0.15) is 12.0 Å². The van der Waals surface area contributed by atoms with Crippen LogP contribution in [0.4, 0.5) is 11.5 Å². The fourth-order valence-corrected chi connectivity index (χ4v) is 4.95. The van der Waals surface area contributed by atoms with Crippen LogP contribution in [0.5, 0.6) is 0 Å². The molecule has 6 nitrogen and oxygen atoms in total. The predicted octanol–water partition coefficient (Wildman–Crippen LogP) is 5.62. The fraction of sp³-hybridized carbons (Fsp3) is 0.231. The molecule has 0 aliphatic heterocycles. The lowest BCUT2D eigenvalue weighted by Gasteiger charge is -2.10. The topological polar surface area (TPSA) is 68.9 Å². The van der Waals surface area contributed by atoms with Crippen LogP contribution >= 0.6 is 11.3 Å². The molecule has 5 rings (SSSR count). The van der Waals surface area contributed by atoms with E-state index in [4.69, 9.17) is 0 Å². The minimum absolute atomic E-state index is 0.838. The van der Waals surface area contributed by atoms with E-state index in [-0.39, 0.29) is 0 Å². The molecule has 0 saturated carbocycles. The van der Waals surface area contributed by atoms with Gasteiger partial charge >= 0.3 is 0 Å². The first-order valence-electron chi connectivity index (χ1n) is 11.2. The highest BCUT2D eigenvalue weighted by Crippen LogP contribution is 2.36. The summed E-state index contributed by atoms with van der Waals surface area (Å²) in [6.45, 7) is 3.03. The molecule has 0 spiro atoms. The van der Waals surface area contributed by atoms with Crippen molar-refractivity contribution in [3.05, 3.63) is 72.7 Å². The first-order valence-corrected chi connectivity index (χ1v) is 12.0. The highest BCUT2D eigenvalue weighted by atomic mass is 32.1. The average Bonchev–Trinajstić information content (AvgIpc) is 3.46. The number of aromatic amines is 1. The molecule has 5 aromatic rings. The van der Waals surface area contributed by atoms with Gasteiger partial charge in [0.05, 0.1) is 10.2 Å². The second-order valence-electron chi connectivity index (χ2n) is 8.48. The molecule has 3 heterocycles. The van der Waals surface area contributed by atoms with E-state index < -0.39 is 0 Å². The zero-order valence-electron chi connectivity index (χ0n) is 18.9. The number of rotatable bonds is 9. The summed E-state index contributed by atoms with van der Waals surface area (Å²) >= 11 is 1.72. The number of hydrogen-bond donors (Lipinski definition) is 3. The van der Waals surface area contributed by atoms with Crippen molar-refractivity contribution < 1.29 is 0 Å².